The molecule has 0 aliphatic heterocycles. The molecule has 4 nitrogen and oxygen atoms in total. The van der Waals surface area contributed by atoms with Gasteiger partial charge in [0.15, 0.2) is 0 Å². The van der Waals surface area contributed by atoms with Gasteiger partial charge in [0.25, 0.3) is 0 Å². The van der Waals surface area contributed by atoms with Crippen molar-refractivity contribution in [3.05, 3.63) is 0 Å². The van der Waals surface area contributed by atoms with E-state index in [1.165, 1.54) is 20.0 Å². The molecule has 0 aromatic heterocycles. The van der Waals surface area contributed by atoms with Crippen molar-refractivity contribution in [2.45, 2.75) is 44.6 Å². The van der Waals surface area contributed by atoms with Gasteiger partial charge in [0.1, 0.15) is 5.54 Å². The molecule has 2 N–H and O–H groups in total. The van der Waals surface area contributed by atoms with Crippen LogP contribution in [0.1, 0.15) is 39.0 Å². The Morgan fingerprint density at radius 3 is 2.69 bits per heavy atom. The topological polar surface area (TPSA) is 61.5 Å². The maximum Gasteiger partial charge on any atom is 0.325 e. The zero-order valence-electron chi connectivity index (χ0n) is 10.3. The molecule has 1 rings (SSSR count). The van der Waals surface area contributed by atoms with Crippen LogP contribution in [0, 0.1) is 5.92 Å². The Bertz CT molecular complexity index is 224. The third-order valence-electron chi connectivity index (χ3n) is 2.94. The molecule has 0 aromatic rings. The third kappa shape index (κ3) is 4.94. The molecule has 0 amide bonds. The van der Waals surface area contributed by atoms with E-state index in [1.807, 2.05) is 0 Å². The summed E-state index contributed by atoms with van der Waals surface area (Å²) in [6.07, 6.45) is 5.14. The highest BCUT2D eigenvalue weighted by Crippen LogP contribution is 2.28. The van der Waals surface area contributed by atoms with Crippen molar-refractivity contribution in [3.8, 4) is 0 Å². The fraction of sp³-hybridized carbons (Fsp3) is 0.917. The average molecular weight is 229 g/mol. The third-order valence-corrected chi connectivity index (χ3v) is 2.94. The minimum Gasteiger partial charge on any atom is -0.468 e. The first-order valence-electron chi connectivity index (χ1n) is 6.01. The predicted molar refractivity (Wildman–Crippen MR) is 62.0 cm³/mol. The number of esters is 1. The van der Waals surface area contributed by atoms with Gasteiger partial charge in [-0.05, 0) is 44.9 Å². The smallest absolute Gasteiger partial charge is 0.325 e. The molecule has 0 bridgehead atoms. The molecule has 1 aliphatic carbocycles. The van der Waals surface area contributed by atoms with Crippen molar-refractivity contribution >= 4 is 5.97 Å². The van der Waals surface area contributed by atoms with Gasteiger partial charge in [0.05, 0.1) is 7.11 Å². The van der Waals surface area contributed by atoms with Crippen molar-refractivity contribution in [1.82, 2.24) is 0 Å². The summed E-state index contributed by atoms with van der Waals surface area (Å²) in [6.45, 7) is 3.38. The molecular weight excluding hydrogens is 206 g/mol. The van der Waals surface area contributed by atoms with E-state index in [4.69, 9.17) is 10.5 Å². The van der Waals surface area contributed by atoms with Gasteiger partial charge in [0.2, 0.25) is 0 Å². The Balaban J connectivity index is 1.98. The van der Waals surface area contributed by atoms with Crippen molar-refractivity contribution < 1.29 is 14.3 Å². The summed E-state index contributed by atoms with van der Waals surface area (Å²) in [4.78, 5) is 11.3. The summed E-state index contributed by atoms with van der Waals surface area (Å²) in [5.74, 6) is 0.473. The maximum atomic E-state index is 11.3. The molecule has 4 heteroatoms. The molecule has 1 fully saturated rings. The van der Waals surface area contributed by atoms with Crippen LogP contribution in [0.15, 0.2) is 0 Å². The summed E-state index contributed by atoms with van der Waals surface area (Å²) in [5, 5.41) is 0. The van der Waals surface area contributed by atoms with Crippen LogP contribution in [-0.4, -0.2) is 31.8 Å². The molecule has 1 aliphatic rings. The first-order chi connectivity index (χ1) is 7.56. The molecule has 1 unspecified atom stereocenters. The Hall–Kier alpha value is -0.610. The lowest BCUT2D eigenvalue weighted by Crippen LogP contribution is -2.45. The van der Waals surface area contributed by atoms with Crippen molar-refractivity contribution in [3.63, 3.8) is 0 Å². The van der Waals surface area contributed by atoms with E-state index in [-0.39, 0.29) is 5.97 Å². The minimum absolute atomic E-state index is 0.341. The van der Waals surface area contributed by atoms with Gasteiger partial charge in [-0.3, -0.25) is 4.79 Å². The van der Waals surface area contributed by atoms with Gasteiger partial charge in [0, 0.05) is 13.2 Å². The van der Waals surface area contributed by atoms with E-state index in [0.717, 1.165) is 32.0 Å². The number of methoxy groups -OCH3 is 1. The van der Waals surface area contributed by atoms with Crippen LogP contribution in [-0.2, 0) is 14.3 Å². The number of unbranched alkanes of at least 4 members (excludes halogenated alkanes) is 1. The standard InChI is InChI=1S/C12H23NO3/c1-12(13,11(14)15-2)7-3-4-8-16-9-10-5-6-10/h10H,3-9,13H2,1-2H3. The minimum atomic E-state index is -0.856. The van der Waals surface area contributed by atoms with Gasteiger partial charge < -0.3 is 15.2 Å². The van der Waals surface area contributed by atoms with Crippen LogP contribution < -0.4 is 5.73 Å². The van der Waals surface area contributed by atoms with E-state index < -0.39 is 5.54 Å². The number of hydrogen-bond donors (Lipinski definition) is 1. The molecular formula is C12H23NO3. The number of carbonyl (C=O) groups excluding carboxylic acids is 1. The van der Waals surface area contributed by atoms with Crippen molar-refractivity contribution in [2.75, 3.05) is 20.3 Å². The summed E-state index contributed by atoms with van der Waals surface area (Å²) in [7, 11) is 1.37. The summed E-state index contributed by atoms with van der Waals surface area (Å²) >= 11 is 0. The molecule has 0 spiro atoms. The average Bonchev–Trinajstić information content (AvgIpc) is 3.05. The normalized spacial score (nSPS) is 19.2. The first-order valence-corrected chi connectivity index (χ1v) is 6.01. The number of hydrogen-bond acceptors (Lipinski definition) is 4. The molecule has 1 saturated carbocycles. The second-order valence-electron chi connectivity index (χ2n) is 4.88. The molecule has 1 atom stereocenters. The molecule has 94 valence electrons. The lowest BCUT2D eigenvalue weighted by molar-refractivity contribution is -0.146. The fourth-order valence-electron chi connectivity index (χ4n) is 1.57. The number of rotatable bonds is 8. The Morgan fingerprint density at radius 2 is 2.12 bits per heavy atom. The van der Waals surface area contributed by atoms with Crippen molar-refractivity contribution in [2.24, 2.45) is 11.7 Å². The van der Waals surface area contributed by atoms with Crippen LogP contribution in [0.2, 0.25) is 0 Å². The summed E-state index contributed by atoms with van der Waals surface area (Å²) in [6, 6.07) is 0. The maximum absolute atomic E-state index is 11.3. The van der Waals surface area contributed by atoms with Crippen LogP contribution in [0.3, 0.4) is 0 Å². The molecule has 0 aromatic carbocycles. The highest BCUT2D eigenvalue weighted by Gasteiger charge is 2.28. The van der Waals surface area contributed by atoms with Gasteiger partial charge >= 0.3 is 5.97 Å². The van der Waals surface area contributed by atoms with E-state index in [1.54, 1.807) is 6.92 Å². The highest BCUT2D eigenvalue weighted by molar-refractivity contribution is 5.79. The lowest BCUT2D eigenvalue weighted by atomic mass is 9.96. The first kappa shape index (κ1) is 13.5. The second kappa shape index (κ2) is 6.21. The number of nitrogens with two attached hydrogens (primary N) is 1. The number of carbonyl (C=O) groups is 1. The van der Waals surface area contributed by atoms with E-state index in [2.05, 4.69) is 4.74 Å². The van der Waals surface area contributed by atoms with Gasteiger partial charge in [-0.1, -0.05) is 0 Å². The van der Waals surface area contributed by atoms with E-state index in [0.29, 0.717) is 6.42 Å². The highest BCUT2D eigenvalue weighted by atomic mass is 16.5. The SMILES string of the molecule is COC(=O)C(C)(N)CCCCOCC1CC1. The Kier molecular flexibility index (Phi) is 5.22. The summed E-state index contributed by atoms with van der Waals surface area (Å²) in [5.41, 5.74) is 4.97. The summed E-state index contributed by atoms with van der Waals surface area (Å²) < 4.78 is 10.1. The zero-order chi connectivity index (χ0) is 12.0. The number of ether oxygens (including phenoxy) is 2. The largest absolute Gasteiger partial charge is 0.468 e. The van der Waals surface area contributed by atoms with Crippen LogP contribution in [0.5, 0.6) is 0 Å². The molecule has 0 radical (unpaired) electrons. The van der Waals surface area contributed by atoms with Crippen LogP contribution in [0.25, 0.3) is 0 Å². The zero-order valence-corrected chi connectivity index (χ0v) is 10.3. The van der Waals surface area contributed by atoms with E-state index in [9.17, 15) is 4.79 Å². The van der Waals surface area contributed by atoms with E-state index >= 15 is 0 Å². The Labute approximate surface area is 97.5 Å². The predicted octanol–water partition coefficient (Wildman–Crippen LogP) is 1.47. The van der Waals surface area contributed by atoms with Gasteiger partial charge in [-0.15, -0.1) is 0 Å². The quantitative estimate of drug-likeness (QED) is 0.506. The second-order valence-corrected chi connectivity index (χ2v) is 4.88. The molecule has 0 heterocycles. The molecule has 0 saturated heterocycles. The lowest BCUT2D eigenvalue weighted by Gasteiger charge is -2.20. The van der Waals surface area contributed by atoms with Gasteiger partial charge in [-0.2, -0.15) is 0 Å². The van der Waals surface area contributed by atoms with Crippen LogP contribution >= 0.6 is 0 Å². The van der Waals surface area contributed by atoms with Gasteiger partial charge in [-0.25, -0.2) is 0 Å². The molecule has 16 heavy (non-hydrogen) atoms. The monoisotopic (exact) mass is 229 g/mol. The fourth-order valence-corrected chi connectivity index (χ4v) is 1.57. The Morgan fingerprint density at radius 1 is 1.44 bits per heavy atom. The van der Waals surface area contributed by atoms with Crippen molar-refractivity contribution in [1.29, 1.82) is 0 Å². The van der Waals surface area contributed by atoms with Crippen LogP contribution in [0.4, 0.5) is 0 Å².